The number of nitrogens with zero attached hydrogens (tertiary/aromatic N) is 4. The molecule has 1 aromatic rings. The zero-order valence-corrected chi connectivity index (χ0v) is 14.3. The van der Waals surface area contributed by atoms with Gasteiger partial charge < -0.3 is 25.2 Å². The number of likely N-dealkylation sites (tertiary alicyclic amines) is 1. The number of aliphatic imine (C=N–C) groups is 2. The van der Waals surface area contributed by atoms with Gasteiger partial charge in [0.15, 0.2) is 11.5 Å². The lowest BCUT2D eigenvalue weighted by molar-refractivity contribution is 0.0460. The van der Waals surface area contributed by atoms with Gasteiger partial charge in [-0.25, -0.2) is 4.99 Å². The average molecular weight is 345 g/mol. The summed E-state index contributed by atoms with van der Waals surface area (Å²) >= 11 is 0. The molecule has 4 rings (SSSR count). The molecule has 3 N–H and O–H groups in total. The van der Waals surface area contributed by atoms with Crippen LogP contribution in [0.5, 0.6) is 11.5 Å². The topological polar surface area (TPSA) is 95.9 Å². The molecule has 3 aliphatic heterocycles. The van der Waals surface area contributed by atoms with E-state index in [-0.39, 0.29) is 6.61 Å². The van der Waals surface area contributed by atoms with Crippen molar-refractivity contribution in [3.63, 3.8) is 0 Å². The highest BCUT2D eigenvalue weighted by Gasteiger charge is 2.31. The van der Waals surface area contributed by atoms with Crippen LogP contribution in [0.15, 0.2) is 22.1 Å². The van der Waals surface area contributed by atoms with Crippen molar-refractivity contribution in [1.82, 2.24) is 9.80 Å². The summed E-state index contributed by atoms with van der Waals surface area (Å²) in [5.74, 6) is 2.31. The molecule has 0 unspecified atom stereocenters. The lowest BCUT2D eigenvalue weighted by Crippen LogP contribution is -2.43. The zero-order valence-electron chi connectivity index (χ0n) is 14.3. The van der Waals surface area contributed by atoms with E-state index < -0.39 is 6.10 Å². The Hall–Kier alpha value is -2.32. The number of fused-ring (bicyclic) bond motifs is 3. The first-order chi connectivity index (χ1) is 12.2. The Bertz CT molecular complexity index is 729. The number of β-amino-alcohol motifs (C(OH)–C–C–N with tert-alkyl or cyclic N) is 1. The molecule has 0 amide bonds. The fourth-order valence-electron chi connectivity index (χ4n) is 3.33. The van der Waals surface area contributed by atoms with Crippen molar-refractivity contribution in [3.05, 3.63) is 17.7 Å². The van der Waals surface area contributed by atoms with E-state index in [0.29, 0.717) is 36.2 Å². The number of guanidine groups is 1. The molecule has 0 aromatic heterocycles. The van der Waals surface area contributed by atoms with E-state index in [1.807, 2.05) is 17.0 Å². The smallest absolute Gasteiger partial charge is 0.202 e. The van der Waals surface area contributed by atoms with Gasteiger partial charge in [-0.05, 0) is 31.6 Å². The third-order valence-electron chi connectivity index (χ3n) is 4.73. The molecule has 0 aliphatic carbocycles. The summed E-state index contributed by atoms with van der Waals surface area (Å²) in [6.45, 7) is 4.38. The second-order valence-electron chi connectivity index (χ2n) is 6.44. The first-order valence-corrected chi connectivity index (χ1v) is 8.58. The third kappa shape index (κ3) is 2.91. The summed E-state index contributed by atoms with van der Waals surface area (Å²) in [5, 5.41) is 10.1. The average Bonchev–Trinajstić information content (AvgIpc) is 3.06. The summed E-state index contributed by atoms with van der Waals surface area (Å²) < 4.78 is 11.3. The molecule has 0 spiro atoms. The summed E-state index contributed by atoms with van der Waals surface area (Å²) in [5.41, 5.74) is 7.58. The van der Waals surface area contributed by atoms with Gasteiger partial charge in [0.1, 0.15) is 24.2 Å². The molecule has 3 aliphatic rings. The van der Waals surface area contributed by atoms with Crippen LogP contribution in [0.3, 0.4) is 0 Å². The number of ether oxygens (including phenoxy) is 2. The molecule has 8 nitrogen and oxygen atoms in total. The summed E-state index contributed by atoms with van der Waals surface area (Å²) in [7, 11) is 1.58. The molecule has 3 heterocycles. The number of hydrogen-bond acceptors (Lipinski definition) is 8. The van der Waals surface area contributed by atoms with Crippen molar-refractivity contribution in [2.75, 3.05) is 46.4 Å². The molecule has 0 bridgehead atoms. The first kappa shape index (κ1) is 16.2. The standard InChI is InChI=1S/C17H23N5O3/c1-24-15-13(25-10-11(23)9-21-6-2-7-21)4-3-12-14(15)20-17(18)22-8-5-19-16(12)22/h3-4,11,23H,2,5-10H2,1H3,(H2,18,20)/t11-/m0/s1. The van der Waals surface area contributed by atoms with Gasteiger partial charge in [0.05, 0.1) is 13.7 Å². The predicted molar refractivity (Wildman–Crippen MR) is 94.9 cm³/mol. The van der Waals surface area contributed by atoms with Crippen molar-refractivity contribution in [1.29, 1.82) is 0 Å². The van der Waals surface area contributed by atoms with Crippen LogP contribution in [-0.4, -0.2) is 79.2 Å². The Morgan fingerprint density at radius 2 is 2.16 bits per heavy atom. The second kappa shape index (κ2) is 6.53. The minimum atomic E-state index is -0.538. The molecule has 0 radical (unpaired) electrons. The maximum Gasteiger partial charge on any atom is 0.202 e. The second-order valence-corrected chi connectivity index (χ2v) is 6.44. The van der Waals surface area contributed by atoms with Crippen LogP contribution < -0.4 is 15.2 Å². The normalized spacial score (nSPS) is 20.2. The van der Waals surface area contributed by atoms with Crippen molar-refractivity contribution >= 4 is 17.5 Å². The number of hydrogen-bond donors (Lipinski definition) is 2. The Morgan fingerprint density at radius 1 is 1.32 bits per heavy atom. The SMILES string of the molecule is COc1c(OC[C@@H](O)CN2CCC2)ccc2c1N=C(N)N1CCN=C21. The lowest BCUT2D eigenvalue weighted by atomic mass is 10.1. The molecule has 1 saturated heterocycles. The number of nitrogens with two attached hydrogens (primary N) is 1. The van der Waals surface area contributed by atoms with Gasteiger partial charge >= 0.3 is 0 Å². The van der Waals surface area contributed by atoms with Crippen LogP contribution in [0.25, 0.3) is 0 Å². The minimum absolute atomic E-state index is 0.206. The van der Waals surface area contributed by atoms with Gasteiger partial charge in [-0.1, -0.05) is 0 Å². The highest BCUT2D eigenvalue weighted by molar-refractivity contribution is 6.16. The van der Waals surface area contributed by atoms with Crippen LogP contribution in [0.1, 0.15) is 12.0 Å². The van der Waals surface area contributed by atoms with Crippen molar-refractivity contribution in [2.45, 2.75) is 12.5 Å². The molecule has 1 atom stereocenters. The quantitative estimate of drug-likeness (QED) is 0.763. The number of benzene rings is 1. The zero-order chi connectivity index (χ0) is 17.4. The predicted octanol–water partition coefficient (Wildman–Crippen LogP) is 0.163. The number of aliphatic hydroxyl groups excluding tert-OH is 1. The van der Waals surface area contributed by atoms with E-state index >= 15 is 0 Å². The van der Waals surface area contributed by atoms with Gasteiger partial charge in [-0.3, -0.25) is 9.89 Å². The van der Waals surface area contributed by atoms with E-state index in [1.54, 1.807) is 7.11 Å². The van der Waals surface area contributed by atoms with Crippen molar-refractivity contribution < 1.29 is 14.6 Å². The van der Waals surface area contributed by atoms with E-state index in [1.165, 1.54) is 6.42 Å². The summed E-state index contributed by atoms with van der Waals surface area (Å²) in [6, 6.07) is 3.76. The molecule has 1 aromatic carbocycles. The molecular weight excluding hydrogens is 322 g/mol. The Kier molecular flexibility index (Phi) is 4.22. The van der Waals surface area contributed by atoms with Crippen molar-refractivity contribution in [2.24, 2.45) is 15.7 Å². The molecule has 25 heavy (non-hydrogen) atoms. The Morgan fingerprint density at radius 3 is 2.88 bits per heavy atom. The van der Waals surface area contributed by atoms with Crippen LogP contribution >= 0.6 is 0 Å². The van der Waals surface area contributed by atoms with Crippen LogP contribution in [0.4, 0.5) is 5.69 Å². The van der Waals surface area contributed by atoms with Gasteiger partial charge in [0.2, 0.25) is 5.96 Å². The van der Waals surface area contributed by atoms with E-state index in [4.69, 9.17) is 15.2 Å². The van der Waals surface area contributed by atoms with Gasteiger partial charge in [0, 0.05) is 18.7 Å². The van der Waals surface area contributed by atoms with Crippen LogP contribution in [0, 0.1) is 0 Å². The minimum Gasteiger partial charge on any atom is -0.491 e. The fourth-order valence-corrected chi connectivity index (χ4v) is 3.33. The summed E-state index contributed by atoms with van der Waals surface area (Å²) in [4.78, 5) is 13.1. The number of aliphatic hydroxyl groups is 1. The number of methoxy groups -OCH3 is 1. The Labute approximate surface area is 146 Å². The molecular formula is C17H23N5O3. The monoisotopic (exact) mass is 345 g/mol. The molecule has 0 saturated carbocycles. The van der Waals surface area contributed by atoms with Gasteiger partial charge in [-0.15, -0.1) is 0 Å². The molecule has 134 valence electrons. The van der Waals surface area contributed by atoms with Crippen LogP contribution in [-0.2, 0) is 0 Å². The molecule has 1 fully saturated rings. The highest BCUT2D eigenvalue weighted by atomic mass is 16.5. The van der Waals surface area contributed by atoms with Gasteiger partial charge in [-0.2, -0.15) is 0 Å². The maximum absolute atomic E-state index is 10.1. The Balaban J connectivity index is 1.55. The number of rotatable bonds is 6. The first-order valence-electron chi connectivity index (χ1n) is 8.58. The number of amidine groups is 1. The maximum atomic E-state index is 10.1. The van der Waals surface area contributed by atoms with Crippen LogP contribution in [0.2, 0.25) is 0 Å². The van der Waals surface area contributed by atoms with E-state index in [2.05, 4.69) is 14.9 Å². The highest BCUT2D eigenvalue weighted by Crippen LogP contribution is 2.43. The van der Waals surface area contributed by atoms with E-state index in [9.17, 15) is 5.11 Å². The lowest BCUT2D eigenvalue weighted by Gasteiger charge is -2.32. The third-order valence-corrected chi connectivity index (χ3v) is 4.73. The van der Waals surface area contributed by atoms with E-state index in [0.717, 1.165) is 31.0 Å². The summed E-state index contributed by atoms with van der Waals surface area (Å²) in [6.07, 6.45) is 0.663. The fraction of sp³-hybridized carbons (Fsp3) is 0.529. The molecule has 8 heteroatoms. The van der Waals surface area contributed by atoms with Gasteiger partial charge in [0.25, 0.3) is 0 Å². The van der Waals surface area contributed by atoms with Crippen molar-refractivity contribution in [3.8, 4) is 11.5 Å². The largest absolute Gasteiger partial charge is 0.491 e.